The molecule has 0 amide bonds. The summed E-state index contributed by atoms with van der Waals surface area (Å²) in [5, 5.41) is 9.99. The third kappa shape index (κ3) is 3.27. The van der Waals surface area contributed by atoms with Crippen molar-refractivity contribution in [1.82, 2.24) is 19.7 Å². The first-order valence-electron chi connectivity index (χ1n) is 9.85. The Bertz CT molecular complexity index is 1360. The summed E-state index contributed by atoms with van der Waals surface area (Å²) >= 11 is 1.58. The lowest BCUT2D eigenvalue weighted by atomic mass is 10.1. The van der Waals surface area contributed by atoms with Gasteiger partial charge in [0.15, 0.2) is 10.8 Å². The van der Waals surface area contributed by atoms with Gasteiger partial charge in [0.25, 0.3) is 0 Å². The highest BCUT2D eigenvalue weighted by Crippen LogP contribution is 2.32. The van der Waals surface area contributed by atoms with Crippen LogP contribution in [0.2, 0.25) is 0 Å². The van der Waals surface area contributed by atoms with Crippen molar-refractivity contribution in [3.63, 3.8) is 0 Å². The number of ether oxygens (including phenoxy) is 1. The molecule has 1 N–H and O–H groups in total. The Kier molecular flexibility index (Phi) is 4.59. The molecule has 0 aliphatic carbocycles. The van der Waals surface area contributed by atoms with Crippen molar-refractivity contribution in [2.75, 3.05) is 11.9 Å². The van der Waals surface area contributed by atoms with Crippen molar-refractivity contribution in [3.8, 4) is 11.4 Å². The molecule has 0 aliphatic rings. The molecule has 0 spiro atoms. The lowest BCUT2D eigenvalue weighted by molar-refractivity contribution is 0.341. The van der Waals surface area contributed by atoms with Gasteiger partial charge in [0, 0.05) is 5.39 Å². The fourth-order valence-electron chi connectivity index (χ4n) is 3.64. The summed E-state index contributed by atoms with van der Waals surface area (Å²) in [5.74, 6) is 1.61. The van der Waals surface area contributed by atoms with Crippen molar-refractivity contribution in [3.05, 3.63) is 65.9 Å². The summed E-state index contributed by atoms with van der Waals surface area (Å²) in [4.78, 5) is 9.57. The number of hydrogen-bond acceptors (Lipinski definition) is 6. The first-order valence-corrected chi connectivity index (χ1v) is 10.7. The van der Waals surface area contributed by atoms with Crippen LogP contribution in [0.1, 0.15) is 18.2 Å². The van der Waals surface area contributed by atoms with E-state index in [1.54, 1.807) is 11.3 Å². The number of nitrogens with one attached hydrogen (secondary N) is 1. The summed E-state index contributed by atoms with van der Waals surface area (Å²) < 4.78 is 8.57. The summed E-state index contributed by atoms with van der Waals surface area (Å²) in [7, 11) is 0. The summed E-state index contributed by atoms with van der Waals surface area (Å²) in [5.41, 5.74) is 4.86. The number of thiazole rings is 1. The topological polar surface area (TPSA) is 64.9 Å². The van der Waals surface area contributed by atoms with Gasteiger partial charge in [-0.2, -0.15) is 5.10 Å². The number of fused-ring (bicyclic) bond motifs is 2. The third-order valence-corrected chi connectivity index (χ3v) is 5.85. The van der Waals surface area contributed by atoms with Crippen LogP contribution in [-0.2, 0) is 0 Å². The molecule has 7 heteroatoms. The number of rotatable bonds is 5. The second-order valence-electron chi connectivity index (χ2n) is 7.06. The molecule has 3 heterocycles. The van der Waals surface area contributed by atoms with Crippen LogP contribution >= 0.6 is 11.3 Å². The summed E-state index contributed by atoms with van der Waals surface area (Å²) in [6.45, 7) is 6.74. The van der Waals surface area contributed by atoms with Gasteiger partial charge in [-0.25, -0.2) is 14.6 Å². The molecule has 150 valence electrons. The van der Waals surface area contributed by atoms with Gasteiger partial charge in [0.1, 0.15) is 11.6 Å². The Balaban J connectivity index is 1.55. The number of para-hydroxylation sites is 1. The number of benzene rings is 2. The maximum atomic E-state index is 5.60. The number of aromatic nitrogens is 4. The molecule has 0 radical (unpaired) electrons. The zero-order chi connectivity index (χ0) is 20.7. The van der Waals surface area contributed by atoms with Crippen molar-refractivity contribution in [2.24, 2.45) is 0 Å². The van der Waals surface area contributed by atoms with Gasteiger partial charge in [-0.3, -0.25) is 0 Å². The predicted molar refractivity (Wildman–Crippen MR) is 122 cm³/mol. The zero-order valence-corrected chi connectivity index (χ0v) is 17.8. The van der Waals surface area contributed by atoms with Crippen LogP contribution in [0, 0.1) is 13.8 Å². The van der Waals surface area contributed by atoms with Gasteiger partial charge < -0.3 is 10.1 Å². The Morgan fingerprint density at radius 1 is 1.03 bits per heavy atom. The lowest BCUT2D eigenvalue weighted by Crippen LogP contribution is -2.00. The van der Waals surface area contributed by atoms with E-state index in [-0.39, 0.29) is 0 Å². The maximum absolute atomic E-state index is 5.60. The number of pyridine rings is 1. The number of hydrogen-bond donors (Lipinski definition) is 1. The minimum atomic E-state index is 0.646. The molecule has 0 aliphatic heterocycles. The molecule has 0 saturated carbocycles. The molecule has 5 aromatic rings. The molecule has 0 saturated heterocycles. The number of anilines is 2. The van der Waals surface area contributed by atoms with Crippen LogP contribution in [-0.4, -0.2) is 26.4 Å². The predicted octanol–water partition coefficient (Wildman–Crippen LogP) is 5.79. The van der Waals surface area contributed by atoms with E-state index < -0.39 is 0 Å². The van der Waals surface area contributed by atoms with Gasteiger partial charge in [0.05, 0.1) is 28.2 Å². The average Bonchev–Trinajstić information content (AvgIpc) is 3.29. The Hall–Kier alpha value is -3.45. The molecule has 5 rings (SSSR count). The second-order valence-corrected chi connectivity index (χ2v) is 8.09. The minimum Gasteiger partial charge on any atom is -0.494 e. The SMILES string of the molecule is CCOc1ccc2nc(Nc3cc(C)c4c(C)nn(-c5ccccc5)c4n3)sc2c1. The van der Waals surface area contributed by atoms with Crippen LogP contribution in [0.25, 0.3) is 26.9 Å². The van der Waals surface area contributed by atoms with E-state index >= 15 is 0 Å². The van der Waals surface area contributed by atoms with E-state index in [0.29, 0.717) is 6.61 Å². The third-order valence-electron chi connectivity index (χ3n) is 4.92. The average molecular weight is 416 g/mol. The first kappa shape index (κ1) is 18.6. The lowest BCUT2D eigenvalue weighted by Gasteiger charge is -2.07. The summed E-state index contributed by atoms with van der Waals surface area (Å²) in [6.07, 6.45) is 0. The standard InChI is InChI=1S/C23H21N5OS/c1-4-29-17-10-11-18-19(13-17)30-23(24-18)26-20-12-14(2)21-15(3)27-28(22(21)25-20)16-8-6-5-7-9-16/h5-13H,4H2,1-3H3,(H,24,25,26). The molecular weight excluding hydrogens is 394 g/mol. The minimum absolute atomic E-state index is 0.646. The molecule has 0 bridgehead atoms. The number of nitrogens with zero attached hydrogens (tertiary/aromatic N) is 4. The Morgan fingerprint density at radius 3 is 2.67 bits per heavy atom. The van der Waals surface area contributed by atoms with E-state index in [4.69, 9.17) is 19.8 Å². The van der Waals surface area contributed by atoms with Crippen LogP contribution in [0.15, 0.2) is 54.6 Å². The second kappa shape index (κ2) is 7.42. The van der Waals surface area contributed by atoms with Gasteiger partial charge >= 0.3 is 0 Å². The van der Waals surface area contributed by atoms with Crippen LogP contribution < -0.4 is 10.1 Å². The fourth-order valence-corrected chi connectivity index (χ4v) is 4.54. The monoisotopic (exact) mass is 415 g/mol. The fraction of sp³-hybridized carbons (Fsp3) is 0.174. The molecule has 0 fully saturated rings. The van der Waals surface area contributed by atoms with E-state index in [2.05, 4.69) is 12.2 Å². The van der Waals surface area contributed by atoms with Gasteiger partial charge in [-0.05, 0) is 62.7 Å². The van der Waals surface area contributed by atoms with E-state index in [1.165, 1.54) is 0 Å². The highest BCUT2D eigenvalue weighted by atomic mass is 32.1. The number of aryl methyl sites for hydroxylation is 2. The van der Waals surface area contributed by atoms with Crippen LogP contribution in [0.4, 0.5) is 10.9 Å². The molecular formula is C23H21N5OS. The quantitative estimate of drug-likeness (QED) is 0.394. The highest BCUT2D eigenvalue weighted by Gasteiger charge is 2.15. The largest absolute Gasteiger partial charge is 0.494 e. The Labute approximate surface area is 178 Å². The molecule has 2 aromatic carbocycles. The molecule has 6 nitrogen and oxygen atoms in total. The molecule has 0 unspecified atom stereocenters. The van der Waals surface area contributed by atoms with Crippen molar-refractivity contribution in [2.45, 2.75) is 20.8 Å². The normalized spacial score (nSPS) is 11.3. The molecule has 30 heavy (non-hydrogen) atoms. The van der Waals surface area contributed by atoms with Crippen LogP contribution in [0.3, 0.4) is 0 Å². The van der Waals surface area contributed by atoms with Crippen molar-refractivity contribution < 1.29 is 4.74 Å². The Morgan fingerprint density at radius 2 is 1.87 bits per heavy atom. The van der Waals surface area contributed by atoms with Gasteiger partial charge in [-0.15, -0.1) is 0 Å². The summed E-state index contributed by atoms with van der Waals surface area (Å²) in [6, 6.07) is 18.1. The van der Waals surface area contributed by atoms with E-state index in [0.717, 1.165) is 54.9 Å². The van der Waals surface area contributed by atoms with Gasteiger partial charge in [-0.1, -0.05) is 29.5 Å². The smallest absolute Gasteiger partial charge is 0.189 e. The zero-order valence-electron chi connectivity index (χ0n) is 17.0. The van der Waals surface area contributed by atoms with Crippen molar-refractivity contribution >= 4 is 43.5 Å². The highest BCUT2D eigenvalue weighted by molar-refractivity contribution is 7.22. The molecule has 3 aromatic heterocycles. The van der Waals surface area contributed by atoms with E-state index in [9.17, 15) is 0 Å². The van der Waals surface area contributed by atoms with Crippen molar-refractivity contribution in [1.29, 1.82) is 0 Å². The maximum Gasteiger partial charge on any atom is 0.189 e. The van der Waals surface area contributed by atoms with Gasteiger partial charge in [0.2, 0.25) is 0 Å². The molecule has 0 atom stereocenters. The van der Waals surface area contributed by atoms with E-state index in [1.807, 2.05) is 73.1 Å². The first-order chi connectivity index (χ1) is 14.6. The van der Waals surface area contributed by atoms with Crippen LogP contribution in [0.5, 0.6) is 5.75 Å².